The molecule has 1 saturated heterocycles. The molecule has 7 heteroatoms. The first kappa shape index (κ1) is 21.2. The number of allylic oxidation sites excluding steroid dienone is 2. The molecule has 2 fully saturated rings. The molecule has 1 heterocycles. The number of fused-ring (bicyclic) bond motifs is 5. The average molecular weight is 542 g/mol. The molecular formula is C25H23IN2O4. The van der Waals surface area contributed by atoms with Gasteiger partial charge in [0.1, 0.15) is 6.61 Å². The third-order valence-corrected chi connectivity index (χ3v) is 7.13. The Bertz CT molecular complexity index is 1080. The second kappa shape index (κ2) is 8.69. The second-order valence-corrected chi connectivity index (χ2v) is 9.43. The van der Waals surface area contributed by atoms with Crippen molar-refractivity contribution in [3.05, 3.63) is 69.3 Å². The number of amides is 2. The summed E-state index contributed by atoms with van der Waals surface area (Å²) >= 11 is 2.20. The minimum atomic E-state index is -0.248. The van der Waals surface area contributed by atoms with Gasteiger partial charge in [-0.15, -0.1) is 0 Å². The molecule has 3 aliphatic rings. The van der Waals surface area contributed by atoms with Gasteiger partial charge in [0.05, 0.1) is 28.2 Å². The quantitative estimate of drug-likeness (QED) is 0.225. The fourth-order valence-corrected chi connectivity index (χ4v) is 5.70. The Morgan fingerprint density at radius 1 is 1.06 bits per heavy atom. The summed E-state index contributed by atoms with van der Waals surface area (Å²) in [5.41, 5.74) is 1.81. The molecule has 2 bridgehead atoms. The first-order valence-corrected chi connectivity index (χ1v) is 11.9. The maximum Gasteiger partial charge on any atom is 0.254 e. The van der Waals surface area contributed by atoms with Crippen molar-refractivity contribution in [2.45, 2.75) is 20.0 Å². The molecule has 1 saturated carbocycles. The molecule has 2 aromatic carbocycles. The number of hydrogen-bond acceptors (Lipinski definition) is 5. The highest BCUT2D eigenvalue weighted by Crippen LogP contribution is 2.52. The number of nitrogens with zero attached hydrogens (tertiary/aromatic N) is 2. The monoisotopic (exact) mass is 542 g/mol. The van der Waals surface area contributed by atoms with E-state index in [2.05, 4.69) is 39.8 Å². The van der Waals surface area contributed by atoms with Crippen LogP contribution < -0.4 is 9.47 Å². The van der Waals surface area contributed by atoms with Crippen molar-refractivity contribution in [2.75, 3.05) is 6.61 Å². The van der Waals surface area contributed by atoms with E-state index in [1.807, 2.05) is 49.4 Å². The zero-order valence-corrected chi connectivity index (χ0v) is 19.8. The van der Waals surface area contributed by atoms with E-state index in [0.29, 0.717) is 24.7 Å². The van der Waals surface area contributed by atoms with Crippen molar-refractivity contribution in [1.29, 1.82) is 0 Å². The van der Waals surface area contributed by atoms with Crippen LogP contribution in [0.2, 0.25) is 0 Å². The maximum absolute atomic E-state index is 12.8. The summed E-state index contributed by atoms with van der Waals surface area (Å²) in [5, 5.41) is 5.35. The lowest BCUT2D eigenvalue weighted by Crippen LogP contribution is -2.28. The Morgan fingerprint density at radius 3 is 2.41 bits per heavy atom. The topological polar surface area (TPSA) is 68.2 Å². The van der Waals surface area contributed by atoms with Crippen LogP contribution in [0, 0.1) is 27.2 Å². The van der Waals surface area contributed by atoms with Gasteiger partial charge in [0.2, 0.25) is 0 Å². The molecule has 4 atom stereocenters. The number of hydrogen-bond donors (Lipinski definition) is 0. The number of benzene rings is 2. The smallest absolute Gasteiger partial charge is 0.254 e. The standard InChI is InChI=1S/C25H23IN2O4/c1-2-31-20-11-16(10-19(26)23(20)32-14-15-6-4-3-5-7-15)13-27-28-24(29)21-17-8-9-18(12-17)22(21)25(28)30/h3-11,13,17-18,21-22H,2,12,14H2,1H3/t17-,18-,21-,22+/m0/s1. The van der Waals surface area contributed by atoms with Crippen molar-refractivity contribution in [3.63, 3.8) is 0 Å². The molecule has 2 aromatic rings. The Hall–Kier alpha value is -2.68. The SMILES string of the molecule is CCOc1cc(C=NN2C(=O)[C@@H]3[C@H](C2=O)[C@H]2C=C[C@H]3C2)cc(I)c1OCc1ccccc1. The summed E-state index contributed by atoms with van der Waals surface area (Å²) in [4.78, 5) is 25.7. The van der Waals surface area contributed by atoms with Gasteiger partial charge in [-0.2, -0.15) is 10.1 Å². The van der Waals surface area contributed by atoms with Crippen LogP contribution in [0.5, 0.6) is 11.5 Å². The molecule has 0 aromatic heterocycles. The Kier molecular flexibility index (Phi) is 5.75. The van der Waals surface area contributed by atoms with Gasteiger partial charge in [-0.25, -0.2) is 0 Å². The van der Waals surface area contributed by atoms with Gasteiger partial charge in [0, 0.05) is 0 Å². The summed E-state index contributed by atoms with van der Waals surface area (Å²) in [7, 11) is 0. The lowest BCUT2D eigenvalue weighted by molar-refractivity contribution is -0.140. The molecule has 1 aliphatic heterocycles. The zero-order chi connectivity index (χ0) is 22.2. The van der Waals surface area contributed by atoms with Gasteiger partial charge in [0.25, 0.3) is 11.8 Å². The lowest BCUT2D eigenvalue weighted by Gasteiger charge is -2.15. The van der Waals surface area contributed by atoms with Crippen LogP contribution in [0.25, 0.3) is 0 Å². The average Bonchev–Trinajstić information content (AvgIpc) is 3.47. The fourth-order valence-electron chi connectivity index (χ4n) is 4.92. The molecule has 6 nitrogen and oxygen atoms in total. The summed E-state index contributed by atoms with van der Waals surface area (Å²) in [5.74, 6) is 0.756. The number of hydrazone groups is 1. The number of rotatable bonds is 7. The summed E-state index contributed by atoms with van der Waals surface area (Å²) in [6.07, 6.45) is 6.62. The summed E-state index contributed by atoms with van der Waals surface area (Å²) < 4.78 is 12.7. The number of ether oxygens (including phenoxy) is 2. The Balaban J connectivity index is 1.35. The molecule has 164 valence electrons. The number of carbonyl (C=O) groups excluding carboxylic acids is 2. The minimum Gasteiger partial charge on any atom is -0.490 e. The second-order valence-electron chi connectivity index (χ2n) is 8.27. The van der Waals surface area contributed by atoms with E-state index in [4.69, 9.17) is 9.47 Å². The fraction of sp³-hybridized carbons (Fsp3) is 0.320. The molecule has 2 amide bonds. The van der Waals surface area contributed by atoms with Gasteiger partial charge >= 0.3 is 0 Å². The van der Waals surface area contributed by atoms with Gasteiger partial charge < -0.3 is 9.47 Å². The molecule has 0 radical (unpaired) electrons. The zero-order valence-electron chi connectivity index (χ0n) is 17.6. The van der Waals surface area contributed by atoms with E-state index < -0.39 is 0 Å². The predicted octanol–water partition coefficient (Wildman–Crippen LogP) is 4.41. The third-order valence-electron chi connectivity index (χ3n) is 6.33. The van der Waals surface area contributed by atoms with Crippen LogP contribution in [0.1, 0.15) is 24.5 Å². The highest BCUT2D eigenvalue weighted by molar-refractivity contribution is 14.1. The largest absolute Gasteiger partial charge is 0.490 e. The van der Waals surface area contributed by atoms with Crippen LogP contribution in [-0.4, -0.2) is 29.6 Å². The summed E-state index contributed by atoms with van der Waals surface area (Å²) in [6, 6.07) is 13.7. The molecule has 0 unspecified atom stereocenters. The number of halogens is 1. The number of imide groups is 1. The van der Waals surface area contributed by atoms with E-state index in [0.717, 1.165) is 26.1 Å². The van der Waals surface area contributed by atoms with E-state index in [-0.39, 0.29) is 35.5 Å². The van der Waals surface area contributed by atoms with Crippen LogP contribution in [-0.2, 0) is 16.2 Å². The van der Waals surface area contributed by atoms with Crippen molar-refractivity contribution in [1.82, 2.24) is 5.01 Å². The van der Waals surface area contributed by atoms with Gasteiger partial charge in [0.15, 0.2) is 11.5 Å². The number of carbonyl (C=O) groups is 2. The van der Waals surface area contributed by atoms with Crippen molar-refractivity contribution < 1.29 is 19.1 Å². The first-order chi connectivity index (χ1) is 15.6. The third kappa shape index (κ3) is 3.72. The Labute approximate surface area is 200 Å². The van der Waals surface area contributed by atoms with Crippen molar-refractivity contribution in [2.24, 2.45) is 28.8 Å². The first-order valence-electron chi connectivity index (χ1n) is 10.8. The highest BCUT2D eigenvalue weighted by atomic mass is 127. The lowest BCUT2D eigenvalue weighted by atomic mass is 9.85. The molecule has 0 spiro atoms. The van der Waals surface area contributed by atoms with Gasteiger partial charge in [-0.1, -0.05) is 42.5 Å². The van der Waals surface area contributed by atoms with Gasteiger partial charge in [-0.3, -0.25) is 9.59 Å². The minimum absolute atomic E-state index is 0.174. The Morgan fingerprint density at radius 2 is 1.75 bits per heavy atom. The van der Waals surface area contributed by atoms with E-state index in [1.165, 1.54) is 0 Å². The van der Waals surface area contributed by atoms with E-state index in [1.54, 1.807) is 6.21 Å². The van der Waals surface area contributed by atoms with Crippen LogP contribution in [0.4, 0.5) is 0 Å². The normalized spacial score (nSPS) is 25.8. The van der Waals surface area contributed by atoms with Crippen LogP contribution in [0.15, 0.2) is 59.7 Å². The highest BCUT2D eigenvalue weighted by Gasteiger charge is 2.59. The van der Waals surface area contributed by atoms with Crippen LogP contribution in [0.3, 0.4) is 0 Å². The summed E-state index contributed by atoms with van der Waals surface area (Å²) in [6.45, 7) is 2.83. The van der Waals surface area contributed by atoms with Crippen LogP contribution >= 0.6 is 22.6 Å². The maximum atomic E-state index is 12.8. The molecule has 0 N–H and O–H groups in total. The van der Waals surface area contributed by atoms with Crippen molar-refractivity contribution in [3.8, 4) is 11.5 Å². The molecule has 5 rings (SSSR count). The predicted molar refractivity (Wildman–Crippen MR) is 128 cm³/mol. The molecule has 32 heavy (non-hydrogen) atoms. The molecular weight excluding hydrogens is 519 g/mol. The van der Waals surface area contributed by atoms with E-state index >= 15 is 0 Å². The van der Waals surface area contributed by atoms with Crippen molar-refractivity contribution >= 4 is 40.6 Å². The molecule has 2 aliphatic carbocycles. The van der Waals surface area contributed by atoms with E-state index in [9.17, 15) is 9.59 Å². The van der Waals surface area contributed by atoms with Gasteiger partial charge in [-0.05, 0) is 71.0 Å².